The molecule has 3 aromatic heterocycles. The number of carbonyl (C=O) groups excluding carboxylic acids is 1. The van der Waals surface area contributed by atoms with E-state index in [2.05, 4.69) is 25.6 Å². The minimum atomic E-state index is -0.358. The fraction of sp³-hybridized carbons (Fsp3) is 0.111. The molecular formula is C27H23FN6O2. The summed E-state index contributed by atoms with van der Waals surface area (Å²) >= 11 is 0. The quantitative estimate of drug-likeness (QED) is 0.323. The molecular weight excluding hydrogens is 459 g/mol. The highest BCUT2D eigenvalue weighted by molar-refractivity contribution is 5.92. The molecule has 5 aromatic rings. The minimum absolute atomic E-state index is 0.262. The maximum absolute atomic E-state index is 14.0. The molecule has 0 atom stereocenters. The predicted octanol–water partition coefficient (Wildman–Crippen LogP) is 5.01. The summed E-state index contributed by atoms with van der Waals surface area (Å²) in [6, 6.07) is 19.0. The summed E-state index contributed by atoms with van der Waals surface area (Å²) in [5, 5.41) is 5.90. The van der Waals surface area contributed by atoms with E-state index < -0.39 is 0 Å². The van der Waals surface area contributed by atoms with Crippen LogP contribution in [0.15, 0.2) is 85.3 Å². The van der Waals surface area contributed by atoms with Gasteiger partial charge in [0.25, 0.3) is 5.91 Å². The molecule has 0 bridgehead atoms. The number of ether oxygens (including phenoxy) is 1. The predicted molar refractivity (Wildman–Crippen MR) is 135 cm³/mol. The van der Waals surface area contributed by atoms with E-state index in [0.29, 0.717) is 41.6 Å². The number of halogens is 1. The Labute approximate surface area is 206 Å². The van der Waals surface area contributed by atoms with Crippen LogP contribution in [0.4, 0.5) is 16.0 Å². The normalized spacial score (nSPS) is 10.8. The topological polar surface area (TPSA) is 94.0 Å². The molecule has 9 heteroatoms. The molecule has 0 unspecified atom stereocenters. The zero-order chi connectivity index (χ0) is 24.9. The summed E-state index contributed by atoms with van der Waals surface area (Å²) in [7, 11) is 1.85. The number of benzene rings is 2. The lowest BCUT2D eigenvalue weighted by Gasteiger charge is -2.08. The van der Waals surface area contributed by atoms with Crippen LogP contribution in [0, 0.1) is 5.82 Å². The van der Waals surface area contributed by atoms with Crippen LogP contribution in [0.3, 0.4) is 0 Å². The van der Waals surface area contributed by atoms with E-state index in [9.17, 15) is 9.18 Å². The second-order valence-corrected chi connectivity index (χ2v) is 8.09. The van der Waals surface area contributed by atoms with Gasteiger partial charge in [-0.1, -0.05) is 12.1 Å². The lowest BCUT2D eigenvalue weighted by Crippen LogP contribution is -2.26. The average molecular weight is 483 g/mol. The highest BCUT2D eigenvalue weighted by Gasteiger charge is 2.12. The van der Waals surface area contributed by atoms with Crippen LogP contribution in [0.1, 0.15) is 16.1 Å². The van der Waals surface area contributed by atoms with Gasteiger partial charge in [0.2, 0.25) is 5.95 Å². The minimum Gasteiger partial charge on any atom is -0.457 e. The number of hydrogen-bond donors (Lipinski definition) is 2. The number of aromatic nitrogens is 4. The van der Waals surface area contributed by atoms with Crippen LogP contribution in [-0.2, 0) is 13.5 Å². The standard InChI is InChI=1S/C27H23FN6O2/c1-34-25-7-6-19(16-23(25)33-27(34)32-22-5-3-2-4-21(22)28)36-20-11-15-30-24(17-20)26(35)31-14-10-18-8-12-29-13-9-18/h2-9,11-13,15-17H,10,14H2,1H3,(H,31,35)(H,32,33). The highest BCUT2D eigenvalue weighted by atomic mass is 19.1. The number of rotatable bonds is 8. The number of hydrogen-bond acceptors (Lipinski definition) is 6. The number of aryl methyl sites for hydroxylation is 1. The van der Waals surface area contributed by atoms with Gasteiger partial charge in [-0.2, -0.15) is 0 Å². The second kappa shape index (κ2) is 10.2. The van der Waals surface area contributed by atoms with Gasteiger partial charge < -0.3 is 19.9 Å². The molecule has 0 aliphatic rings. The Balaban J connectivity index is 1.27. The summed E-state index contributed by atoms with van der Waals surface area (Å²) in [4.78, 5) is 25.3. The number of nitrogens with one attached hydrogen (secondary N) is 2. The molecule has 2 N–H and O–H groups in total. The maximum Gasteiger partial charge on any atom is 0.270 e. The maximum atomic E-state index is 14.0. The number of para-hydroxylation sites is 1. The fourth-order valence-corrected chi connectivity index (χ4v) is 3.73. The van der Waals surface area contributed by atoms with Gasteiger partial charge in [0, 0.05) is 44.3 Å². The van der Waals surface area contributed by atoms with Crippen LogP contribution >= 0.6 is 0 Å². The Bertz CT molecular complexity index is 1520. The van der Waals surface area contributed by atoms with Crippen molar-refractivity contribution in [2.75, 3.05) is 11.9 Å². The van der Waals surface area contributed by atoms with Crippen molar-refractivity contribution in [1.82, 2.24) is 24.8 Å². The number of pyridine rings is 2. The van der Waals surface area contributed by atoms with E-state index in [1.807, 2.05) is 35.9 Å². The first kappa shape index (κ1) is 23.0. The number of nitrogens with zero attached hydrogens (tertiary/aromatic N) is 4. The van der Waals surface area contributed by atoms with Crippen molar-refractivity contribution in [2.24, 2.45) is 7.05 Å². The summed E-state index contributed by atoms with van der Waals surface area (Å²) < 4.78 is 21.9. The smallest absolute Gasteiger partial charge is 0.270 e. The van der Waals surface area contributed by atoms with Crippen LogP contribution < -0.4 is 15.4 Å². The molecule has 1 amide bonds. The average Bonchev–Trinajstić information content (AvgIpc) is 3.20. The first-order valence-corrected chi connectivity index (χ1v) is 11.4. The number of imidazole rings is 1. The summed E-state index contributed by atoms with van der Waals surface area (Å²) in [6.45, 7) is 0.481. The third-order valence-electron chi connectivity index (χ3n) is 5.62. The lowest BCUT2D eigenvalue weighted by atomic mass is 10.2. The van der Waals surface area contributed by atoms with E-state index in [4.69, 9.17) is 4.74 Å². The number of anilines is 2. The van der Waals surface area contributed by atoms with E-state index in [1.54, 1.807) is 48.8 Å². The van der Waals surface area contributed by atoms with E-state index in [-0.39, 0.29) is 17.4 Å². The van der Waals surface area contributed by atoms with Gasteiger partial charge in [-0.25, -0.2) is 9.37 Å². The molecule has 8 nitrogen and oxygen atoms in total. The first-order chi connectivity index (χ1) is 17.6. The molecule has 0 fully saturated rings. The van der Waals surface area contributed by atoms with Crippen molar-refractivity contribution in [3.63, 3.8) is 0 Å². The van der Waals surface area contributed by atoms with Gasteiger partial charge in [0.1, 0.15) is 23.0 Å². The van der Waals surface area contributed by atoms with Gasteiger partial charge in [0.05, 0.1) is 16.7 Å². The first-order valence-electron chi connectivity index (χ1n) is 11.4. The summed E-state index contributed by atoms with van der Waals surface area (Å²) in [5.41, 5.74) is 3.22. The van der Waals surface area contributed by atoms with E-state index in [1.165, 1.54) is 12.3 Å². The third-order valence-corrected chi connectivity index (χ3v) is 5.62. The van der Waals surface area contributed by atoms with Crippen molar-refractivity contribution in [1.29, 1.82) is 0 Å². The number of amides is 1. The molecule has 5 rings (SSSR count). The van der Waals surface area contributed by atoms with Crippen molar-refractivity contribution in [2.45, 2.75) is 6.42 Å². The molecule has 180 valence electrons. The largest absolute Gasteiger partial charge is 0.457 e. The molecule has 2 aromatic carbocycles. The Kier molecular flexibility index (Phi) is 6.53. The summed E-state index contributed by atoms with van der Waals surface area (Å²) in [6.07, 6.45) is 5.68. The number of carbonyl (C=O) groups is 1. The molecule has 3 heterocycles. The molecule has 0 saturated heterocycles. The molecule has 0 spiro atoms. The van der Waals surface area contributed by atoms with Crippen molar-refractivity contribution >= 4 is 28.6 Å². The molecule has 0 saturated carbocycles. The molecule has 0 aliphatic heterocycles. The zero-order valence-electron chi connectivity index (χ0n) is 19.5. The third kappa shape index (κ3) is 5.15. The van der Waals surface area contributed by atoms with Crippen LogP contribution in [0.25, 0.3) is 11.0 Å². The van der Waals surface area contributed by atoms with Crippen molar-refractivity contribution in [3.8, 4) is 11.5 Å². The fourth-order valence-electron chi connectivity index (χ4n) is 3.73. The Morgan fingerprint density at radius 1 is 1.00 bits per heavy atom. The van der Waals surface area contributed by atoms with Crippen molar-refractivity contribution in [3.05, 3.63) is 102 Å². The Morgan fingerprint density at radius 2 is 1.81 bits per heavy atom. The van der Waals surface area contributed by atoms with E-state index >= 15 is 0 Å². The van der Waals surface area contributed by atoms with E-state index in [0.717, 1.165) is 11.1 Å². The molecule has 0 radical (unpaired) electrons. The molecule has 0 aliphatic carbocycles. The van der Waals surface area contributed by atoms with Crippen LogP contribution in [-0.4, -0.2) is 32.0 Å². The Morgan fingerprint density at radius 3 is 2.64 bits per heavy atom. The SMILES string of the molecule is Cn1c(Nc2ccccc2F)nc2cc(Oc3ccnc(C(=O)NCCc4ccncc4)c3)ccc21. The zero-order valence-corrected chi connectivity index (χ0v) is 19.5. The van der Waals surface area contributed by atoms with Gasteiger partial charge >= 0.3 is 0 Å². The van der Waals surface area contributed by atoms with Gasteiger partial charge in [0.15, 0.2) is 0 Å². The number of fused-ring (bicyclic) bond motifs is 1. The monoisotopic (exact) mass is 482 g/mol. The second-order valence-electron chi connectivity index (χ2n) is 8.09. The van der Waals surface area contributed by atoms with Crippen LogP contribution in [0.5, 0.6) is 11.5 Å². The Hall–Kier alpha value is -4.79. The highest BCUT2D eigenvalue weighted by Crippen LogP contribution is 2.28. The van der Waals surface area contributed by atoms with Crippen LogP contribution in [0.2, 0.25) is 0 Å². The van der Waals surface area contributed by atoms with Gasteiger partial charge in [-0.3, -0.25) is 14.8 Å². The summed E-state index contributed by atoms with van der Waals surface area (Å²) in [5.74, 6) is 0.890. The molecule has 36 heavy (non-hydrogen) atoms. The lowest BCUT2D eigenvalue weighted by molar-refractivity contribution is 0.0949. The van der Waals surface area contributed by atoms with Crippen molar-refractivity contribution < 1.29 is 13.9 Å². The van der Waals surface area contributed by atoms with Gasteiger partial charge in [-0.15, -0.1) is 0 Å². The van der Waals surface area contributed by atoms with Gasteiger partial charge in [-0.05, 0) is 54.4 Å².